The maximum absolute atomic E-state index is 12.7. The van der Waals surface area contributed by atoms with Crippen LogP contribution in [0.4, 0.5) is 5.69 Å². The van der Waals surface area contributed by atoms with Crippen molar-refractivity contribution in [1.82, 2.24) is 10.1 Å². The van der Waals surface area contributed by atoms with Gasteiger partial charge in [-0.25, -0.2) is 0 Å². The van der Waals surface area contributed by atoms with Gasteiger partial charge < -0.3 is 14.7 Å². The van der Waals surface area contributed by atoms with Crippen LogP contribution in [0.25, 0.3) is 0 Å². The van der Waals surface area contributed by atoms with E-state index in [0.29, 0.717) is 24.6 Å². The minimum absolute atomic E-state index is 0.155. The van der Waals surface area contributed by atoms with Gasteiger partial charge in [0.25, 0.3) is 5.91 Å². The first-order valence-electron chi connectivity index (χ1n) is 8.36. The van der Waals surface area contributed by atoms with Gasteiger partial charge in [0.15, 0.2) is 5.69 Å². The van der Waals surface area contributed by atoms with Gasteiger partial charge in [-0.3, -0.25) is 9.59 Å². The molecule has 6 nitrogen and oxygen atoms in total. The first-order chi connectivity index (χ1) is 11.7. The van der Waals surface area contributed by atoms with Gasteiger partial charge in [0.2, 0.25) is 5.91 Å². The van der Waals surface area contributed by atoms with Gasteiger partial charge >= 0.3 is 0 Å². The first kappa shape index (κ1) is 14.9. The fourth-order valence-corrected chi connectivity index (χ4v) is 3.13. The fourth-order valence-electron chi connectivity index (χ4n) is 3.13. The highest BCUT2D eigenvalue weighted by Gasteiger charge is 2.36. The van der Waals surface area contributed by atoms with Crippen molar-refractivity contribution in [3.05, 3.63) is 47.9 Å². The number of hydrogen-bond acceptors (Lipinski definition) is 4. The van der Waals surface area contributed by atoms with Crippen molar-refractivity contribution in [3.8, 4) is 0 Å². The number of carbonyl (C=O) groups is 2. The van der Waals surface area contributed by atoms with Gasteiger partial charge in [-0.15, -0.1) is 0 Å². The largest absolute Gasteiger partial charge is 0.360 e. The summed E-state index contributed by atoms with van der Waals surface area (Å²) in [4.78, 5) is 26.8. The van der Waals surface area contributed by atoms with Gasteiger partial charge in [-0.05, 0) is 37.8 Å². The van der Waals surface area contributed by atoms with Crippen molar-refractivity contribution in [2.45, 2.75) is 37.6 Å². The van der Waals surface area contributed by atoms with Crippen LogP contribution >= 0.6 is 0 Å². The van der Waals surface area contributed by atoms with Crippen LogP contribution in [0.2, 0.25) is 0 Å². The van der Waals surface area contributed by atoms with Crippen molar-refractivity contribution in [3.63, 3.8) is 0 Å². The van der Waals surface area contributed by atoms with E-state index in [-0.39, 0.29) is 11.8 Å². The third-order valence-corrected chi connectivity index (χ3v) is 4.58. The molecule has 0 radical (unpaired) electrons. The zero-order valence-corrected chi connectivity index (χ0v) is 13.3. The molecule has 1 saturated heterocycles. The topological polar surface area (TPSA) is 75.4 Å². The molecule has 2 heterocycles. The number of rotatable bonds is 4. The molecule has 1 unspecified atom stereocenters. The number of aromatic nitrogens is 1. The van der Waals surface area contributed by atoms with Gasteiger partial charge in [-0.1, -0.05) is 23.4 Å². The van der Waals surface area contributed by atoms with Crippen molar-refractivity contribution in [1.29, 1.82) is 0 Å². The fraction of sp³-hybridized carbons (Fsp3) is 0.389. The molecule has 1 atom stereocenters. The van der Waals surface area contributed by atoms with Crippen molar-refractivity contribution in [2.24, 2.45) is 0 Å². The molecule has 2 aliphatic rings. The first-order valence-corrected chi connectivity index (χ1v) is 8.36. The molecule has 24 heavy (non-hydrogen) atoms. The van der Waals surface area contributed by atoms with E-state index in [1.807, 2.05) is 30.3 Å². The predicted octanol–water partition coefficient (Wildman–Crippen LogP) is 2.80. The molecule has 1 aliphatic heterocycles. The van der Waals surface area contributed by atoms with Crippen molar-refractivity contribution >= 4 is 17.5 Å². The van der Waals surface area contributed by atoms with E-state index in [4.69, 9.17) is 4.52 Å². The van der Waals surface area contributed by atoms with Gasteiger partial charge in [0, 0.05) is 24.2 Å². The average Bonchev–Trinajstić information content (AvgIpc) is 3.14. The summed E-state index contributed by atoms with van der Waals surface area (Å²) in [6.45, 7) is 0.567. The zero-order chi connectivity index (χ0) is 16.5. The monoisotopic (exact) mass is 325 g/mol. The Morgan fingerprint density at radius 3 is 2.71 bits per heavy atom. The summed E-state index contributed by atoms with van der Waals surface area (Å²) < 4.78 is 5.26. The Balaban J connectivity index is 1.47. The average molecular weight is 325 g/mol. The smallest absolute Gasteiger partial charge is 0.276 e. The summed E-state index contributed by atoms with van der Waals surface area (Å²) in [5, 5.41) is 6.78. The third kappa shape index (κ3) is 2.91. The summed E-state index contributed by atoms with van der Waals surface area (Å²) in [6.07, 6.45) is 3.66. The number of anilines is 1. The Hall–Kier alpha value is -2.63. The summed E-state index contributed by atoms with van der Waals surface area (Å²) in [5.41, 5.74) is 1.04. The molecule has 2 amide bonds. The lowest BCUT2D eigenvalue weighted by atomic mass is 10.2. The van der Waals surface area contributed by atoms with Gasteiger partial charge in [0.1, 0.15) is 11.8 Å². The molecule has 1 saturated carbocycles. The van der Waals surface area contributed by atoms with Crippen LogP contribution < -0.4 is 5.32 Å². The summed E-state index contributed by atoms with van der Waals surface area (Å²) >= 11 is 0. The molecule has 6 heteroatoms. The Morgan fingerprint density at radius 1 is 1.17 bits per heavy atom. The summed E-state index contributed by atoms with van der Waals surface area (Å²) in [7, 11) is 0. The highest BCUT2D eigenvalue weighted by molar-refractivity contribution is 6.00. The molecule has 4 rings (SSSR count). The second kappa shape index (κ2) is 6.11. The maximum Gasteiger partial charge on any atom is 0.276 e. The lowest BCUT2D eigenvalue weighted by molar-refractivity contribution is -0.119. The van der Waals surface area contributed by atoms with Crippen LogP contribution in [0, 0.1) is 0 Å². The standard InChI is InChI=1S/C18H19N3O3/c22-17(19-13-5-2-1-3-6-13)15-7-4-10-21(15)18(23)14-11-16(24-20-14)12-8-9-12/h1-3,5-6,11-12,15H,4,7-10H2,(H,19,22). The molecule has 1 aliphatic carbocycles. The molecular weight excluding hydrogens is 306 g/mol. The van der Waals surface area contributed by atoms with Crippen molar-refractivity contribution in [2.75, 3.05) is 11.9 Å². The molecule has 1 N–H and O–H groups in total. The Kier molecular flexibility index (Phi) is 3.80. The second-order valence-electron chi connectivity index (χ2n) is 6.40. The van der Waals surface area contributed by atoms with Crippen LogP contribution in [0.15, 0.2) is 40.9 Å². The molecular formula is C18H19N3O3. The van der Waals surface area contributed by atoms with Gasteiger partial charge in [-0.2, -0.15) is 0 Å². The van der Waals surface area contributed by atoms with Crippen LogP contribution in [0.5, 0.6) is 0 Å². The van der Waals surface area contributed by atoms with Crippen LogP contribution in [0.3, 0.4) is 0 Å². The Morgan fingerprint density at radius 2 is 1.96 bits per heavy atom. The second-order valence-corrected chi connectivity index (χ2v) is 6.40. The van der Waals surface area contributed by atoms with E-state index in [2.05, 4.69) is 10.5 Å². The SMILES string of the molecule is O=C(Nc1ccccc1)C1CCCN1C(=O)c1cc(C2CC2)on1. The number of para-hydroxylation sites is 1. The molecule has 0 spiro atoms. The number of nitrogens with zero attached hydrogens (tertiary/aromatic N) is 2. The van der Waals surface area contributed by atoms with E-state index in [1.54, 1.807) is 11.0 Å². The highest BCUT2D eigenvalue weighted by atomic mass is 16.5. The van der Waals surface area contributed by atoms with Crippen LogP contribution in [0.1, 0.15) is 47.8 Å². The molecule has 2 aromatic rings. The predicted molar refractivity (Wildman–Crippen MR) is 87.6 cm³/mol. The number of benzene rings is 1. The number of nitrogens with one attached hydrogen (secondary N) is 1. The molecule has 2 fully saturated rings. The number of carbonyl (C=O) groups excluding carboxylic acids is 2. The zero-order valence-electron chi connectivity index (χ0n) is 13.3. The summed E-state index contributed by atoms with van der Waals surface area (Å²) in [6, 6.07) is 10.5. The van der Waals surface area contributed by atoms with E-state index in [0.717, 1.165) is 30.7 Å². The highest BCUT2D eigenvalue weighted by Crippen LogP contribution is 2.40. The Labute approximate surface area is 139 Å². The van der Waals surface area contributed by atoms with E-state index in [1.165, 1.54) is 0 Å². The Bertz CT molecular complexity index is 752. The lowest BCUT2D eigenvalue weighted by Gasteiger charge is -2.22. The van der Waals surface area contributed by atoms with Crippen LogP contribution in [-0.4, -0.2) is 34.5 Å². The maximum atomic E-state index is 12.7. The van der Waals surface area contributed by atoms with Gasteiger partial charge in [0.05, 0.1) is 0 Å². The minimum Gasteiger partial charge on any atom is -0.360 e. The minimum atomic E-state index is -0.459. The van der Waals surface area contributed by atoms with E-state index in [9.17, 15) is 9.59 Å². The molecule has 0 bridgehead atoms. The lowest BCUT2D eigenvalue weighted by Crippen LogP contribution is -2.43. The number of likely N-dealkylation sites (tertiary alicyclic amines) is 1. The quantitative estimate of drug-likeness (QED) is 0.938. The third-order valence-electron chi connectivity index (χ3n) is 4.58. The van der Waals surface area contributed by atoms with Crippen LogP contribution in [-0.2, 0) is 4.79 Å². The van der Waals surface area contributed by atoms with Crippen molar-refractivity contribution < 1.29 is 14.1 Å². The molecule has 1 aromatic carbocycles. The van der Waals surface area contributed by atoms with E-state index >= 15 is 0 Å². The number of amides is 2. The summed E-state index contributed by atoms with van der Waals surface area (Å²) in [5.74, 6) is 0.812. The normalized spacial score (nSPS) is 20.2. The van der Waals surface area contributed by atoms with E-state index < -0.39 is 6.04 Å². The molecule has 124 valence electrons. The number of hydrogen-bond donors (Lipinski definition) is 1. The molecule has 1 aromatic heterocycles.